The Labute approximate surface area is 146 Å². The van der Waals surface area contributed by atoms with Crippen LogP contribution in [0.25, 0.3) is 0 Å². The molecule has 0 amide bonds. The van der Waals surface area contributed by atoms with Gasteiger partial charge < -0.3 is 9.16 Å². The Balaban J connectivity index is 2.62. The molecular formula is C17H33IO2Si. The van der Waals surface area contributed by atoms with Crippen molar-refractivity contribution in [3.05, 3.63) is 11.6 Å². The van der Waals surface area contributed by atoms with Crippen molar-refractivity contribution in [3.63, 3.8) is 0 Å². The summed E-state index contributed by atoms with van der Waals surface area (Å²) in [5.41, 5.74) is 1.40. The first-order valence-electron chi connectivity index (χ1n) is 8.05. The fourth-order valence-electron chi connectivity index (χ4n) is 2.36. The minimum Gasteiger partial charge on any atom is -0.392 e. The second-order valence-electron chi connectivity index (χ2n) is 8.08. The van der Waals surface area contributed by atoms with Gasteiger partial charge in [-0.2, -0.15) is 0 Å². The van der Waals surface area contributed by atoms with Crippen molar-refractivity contribution in [2.24, 2.45) is 5.92 Å². The van der Waals surface area contributed by atoms with Crippen molar-refractivity contribution in [2.75, 3.05) is 0 Å². The molecule has 1 aliphatic rings. The van der Waals surface area contributed by atoms with E-state index in [-0.39, 0.29) is 11.3 Å². The molecule has 4 heteroatoms. The highest BCUT2D eigenvalue weighted by Crippen LogP contribution is 2.41. The second kappa shape index (κ2) is 7.45. The summed E-state index contributed by atoms with van der Waals surface area (Å²) in [5.74, 6) is 0.593. The third-order valence-electron chi connectivity index (χ3n) is 4.88. The Morgan fingerprint density at radius 3 is 2.43 bits per heavy atom. The van der Waals surface area contributed by atoms with E-state index in [4.69, 9.17) is 9.16 Å². The second-order valence-corrected chi connectivity index (χ2v) is 14.4. The first kappa shape index (κ1) is 19.7. The van der Waals surface area contributed by atoms with Crippen LogP contribution in [-0.4, -0.2) is 24.6 Å². The standard InChI is InChI=1S/C17H33IO2Si/c1-12(2)9-10-15(18)14-11-16(19-13(14)3)20-21(7,8)17(4,5)6/h9,13-16H,10-11H2,1-8H3. The van der Waals surface area contributed by atoms with Gasteiger partial charge in [0.1, 0.15) is 6.29 Å². The van der Waals surface area contributed by atoms with Gasteiger partial charge >= 0.3 is 0 Å². The van der Waals surface area contributed by atoms with E-state index in [1.807, 2.05) is 0 Å². The van der Waals surface area contributed by atoms with Crippen LogP contribution >= 0.6 is 22.6 Å². The van der Waals surface area contributed by atoms with Gasteiger partial charge in [0.05, 0.1) is 6.10 Å². The van der Waals surface area contributed by atoms with Crippen LogP contribution in [0.1, 0.15) is 54.4 Å². The maximum Gasteiger partial charge on any atom is 0.195 e. The first-order chi connectivity index (χ1) is 9.44. The summed E-state index contributed by atoms with van der Waals surface area (Å²) in [4.78, 5) is 0. The highest BCUT2D eigenvalue weighted by molar-refractivity contribution is 14.1. The molecule has 0 saturated carbocycles. The van der Waals surface area contributed by atoms with Gasteiger partial charge in [-0.25, -0.2) is 0 Å². The number of rotatable bonds is 5. The summed E-state index contributed by atoms with van der Waals surface area (Å²) < 4.78 is 13.2. The molecule has 0 aromatic rings. The molecule has 0 aliphatic carbocycles. The molecule has 1 rings (SSSR count). The van der Waals surface area contributed by atoms with Crippen molar-refractivity contribution in [1.29, 1.82) is 0 Å². The van der Waals surface area contributed by atoms with Crippen LogP contribution < -0.4 is 0 Å². The van der Waals surface area contributed by atoms with Gasteiger partial charge in [0, 0.05) is 16.3 Å². The van der Waals surface area contributed by atoms with Gasteiger partial charge in [-0.1, -0.05) is 55.0 Å². The van der Waals surface area contributed by atoms with E-state index >= 15 is 0 Å². The molecule has 4 atom stereocenters. The quantitative estimate of drug-likeness (QED) is 0.236. The summed E-state index contributed by atoms with van der Waals surface area (Å²) in [6.07, 6.45) is 4.81. The zero-order chi connectivity index (χ0) is 16.4. The van der Waals surface area contributed by atoms with E-state index in [0.717, 1.165) is 12.8 Å². The maximum absolute atomic E-state index is 6.44. The minimum absolute atomic E-state index is 0.00476. The zero-order valence-corrected chi connectivity index (χ0v) is 18.2. The molecule has 2 nitrogen and oxygen atoms in total. The van der Waals surface area contributed by atoms with Gasteiger partial charge in [0.25, 0.3) is 0 Å². The van der Waals surface area contributed by atoms with Crippen molar-refractivity contribution in [2.45, 2.75) is 88.8 Å². The number of hydrogen-bond acceptors (Lipinski definition) is 2. The summed E-state index contributed by atoms with van der Waals surface area (Å²) in [5, 5.41) is 0.240. The number of allylic oxidation sites excluding steroid dienone is 2. The molecule has 0 aromatic heterocycles. The third-order valence-corrected chi connectivity index (χ3v) is 10.8. The number of ether oxygens (including phenoxy) is 1. The van der Waals surface area contributed by atoms with Crippen LogP contribution in [0, 0.1) is 5.92 Å². The summed E-state index contributed by atoms with van der Waals surface area (Å²) >= 11 is 2.59. The lowest BCUT2D eigenvalue weighted by Crippen LogP contribution is -2.44. The molecule has 1 aliphatic heterocycles. The van der Waals surface area contributed by atoms with E-state index < -0.39 is 8.32 Å². The lowest BCUT2D eigenvalue weighted by molar-refractivity contribution is -0.0769. The van der Waals surface area contributed by atoms with Crippen LogP contribution in [0.3, 0.4) is 0 Å². The zero-order valence-electron chi connectivity index (χ0n) is 15.0. The van der Waals surface area contributed by atoms with Crippen LogP contribution in [0.2, 0.25) is 18.1 Å². The van der Waals surface area contributed by atoms with Crippen LogP contribution in [-0.2, 0) is 9.16 Å². The molecule has 21 heavy (non-hydrogen) atoms. The normalized spacial score (nSPS) is 28.5. The van der Waals surface area contributed by atoms with Crippen LogP contribution in [0.15, 0.2) is 11.6 Å². The molecule has 1 fully saturated rings. The molecule has 0 N–H and O–H groups in total. The predicted molar refractivity (Wildman–Crippen MR) is 103 cm³/mol. The van der Waals surface area contributed by atoms with Gasteiger partial charge in [-0.05, 0) is 45.3 Å². The van der Waals surface area contributed by atoms with E-state index in [1.54, 1.807) is 0 Å². The Morgan fingerprint density at radius 2 is 1.95 bits per heavy atom. The Kier molecular flexibility index (Phi) is 6.97. The van der Waals surface area contributed by atoms with E-state index in [0.29, 0.717) is 15.9 Å². The van der Waals surface area contributed by atoms with Crippen molar-refractivity contribution in [1.82, 2.24) is 0 Å². The molecule has 0 spiro atoms. The summed E-state index contributed by atoms with van der Waals surface area (Å²) in [6.45, 7) is 18.0. The third kappa shape index (κ3) is 5.63. The lowest BCUT2D eigenvalue weighted by Gasteiger charge is -2.38. The fraction of sp³-hybridized carbons (Fsp3) is 0.882. The van der Waals surface area contributed by atoms with Gasteiger partial charge in [0.2, 0.25) is 0 Å². The minimum atomic E-state index is -1.74. The predicted octanol–water partition coefficient (Wildman–Crippen LogP) is 5.92. The topological polar surface area (TPSA) is 18.5 Å². The maximum atomic E-state index is 6.44. The largest absolute Gasteiger partial charge is 0.392 e. The molecular weight excluding hydrogens is 391 g/mol. The van der Waals surface area contributed by atoms with Crippen LogP contribution in [0.5, 0.6) is 0 Å². The monoisotopic (exact) mass is 424 g/mol. The summed E-state index contributed by atoms with van der Waals surface area (Å²) in [6, 6.07) is 0. The Morgan fingerprint density at radius 1 is 1.38 bits per heavy atom. The molecule has 4 unspecified atom stereocenters. The van der Waals surface area contributed by atoms with Gasteiger partial charge in [0.15, 0.2) is 8.32 Å². The SMILES string of the molecule is CC(C)=CCC(I)C1CC(O[Si](C)(C)C(C)(C)C)OC1C. The van der Waals surface area contributed by atoms with E-state index in [2.05, 4.69) is 83.3 Å². The van der Waals surface area contributed by atoms with Gasteiger partial charge in [-0.3, -0.25) is 0 Å². The Bertz CT molecular complexity index is 369. The number of alkyl halides is 1. The van der Waals surface area contributed by atoms with E-state index in [1.165, 1.54) is 5.57 Å². The average molecular weight is 424 g/mol. The number of halogens is 1. The average Bonchev–Trinajstić information content (AvgIpc) is 2.64. The van der Waals surface area contributed by atoms with Gasteiger partial charge in [-0.15, -0.1) is 0 Å². The molecule has 1 saturated heterocycles. The highest BCUT2D eigenvalue weighted by atomic mass is 127. The molecule has 0 radical (unpaired) electrons. The highest BCUT2D eigenvalue weighted by Gasteiger charge is 2.44. The van der Waals surface area contributed by atoms with Crippen molar-refractivity contribution >= 4 is 30.9 Å². The molecule has 0 bridgehead atoms. The fourth-order valence-corrected chi connectivity index (χ4v) is 4.65. The van der Waals surface area contributed by atoms with Crippen LogP contribution in [0.4, 0.5) is 0 Å². The Hall–Kier alpha value is 0.607. The molecule has 1 heterocycles. The smallest absolute Gasteiger partial charge is 0.195 e. The van der Waals surface area contributed by atoms with Crippen molar-refractivity contribution in [3.8, 4) is 0 Å². The molecule has 0 aromatic carbocycles. The van der Waals surface area contributed by atoms with Crippen molar-refractivity contribution < 1.29 is 9.16 Å². The summed E-state index contributed by atoms with van der Waals surface area (Å²) in [7, 11) is -1.74. The molecule has 124 valence electrons. The van der Waals surface area contributed by atoms with E-state index in [9.17, 15) is 0 Å². The number of hydrogen-bond donors (Lipinski definition) is 0. The first-order valence-corrected chi connectivity index (χ1v) is 12.2. The lowest BCUT2D eigenvalue weighted by atomic mass is 9.96.